The fourth-order valence-electron chi connectivity index (χ4n) is 3.73. The number of benzene rings is 2. The zero-order valence-corrected chi connectivity index (χ0v) is 18.5. The van der Waals surface area contributed by atoms with Crippen LogP contribution in [0.5, 0.6) is 5.75 Å². The quantitative estimate of drug-likeness (QED) is 0.331. The molecule has 0 bridgehead atoms. The van der Waals surface area contributed by atoms with Crippen LogP contribution >= 0.6 is 15.9 Å². The van der Waals surface area contributed by atoms with Crippen LogP contribution in [0.2, 0.25) is 0 Å². The van der Waals surface area contributed by atoms with E-state index in [-0.39, 0.29) is 11.3 Å². The van der Waals surface area contributed by atoms with Gasteiger partial charge < -0.3 is 9.84 Å². The zero-order valence-electron chi connectivity index (χ0n) is 16.9. The number of hydrogen-bond donors (Lipinski definition) is 1. The Morgan fingerprint density at radius 3 is 2.61 bits per heavy atom. The fraction of sp³-hybridized carbons (Fsp3) is 0.125. The summed E-state index contributed by atoms with van der Waals surface area (Å²) in [6.45, 7) is 1.87. The SMILES string of the molecule is COc1ccc(C)cc1/C(O)=C1\C(=O)C(=O)N(c2cccc(Br)c2)C1c1cccnc1. The average molecular weight is 479 g/mol. The highest BCUT2D eigenvalue weighted by Gasteiger charge is 2.47. The van der Waals surface area contributed by atoms with Gasteiger partial charge in [0.1, 0.15) is 11.5 Å². The second-order valence-corrected chi connectivity index (χ2v) is 8.05. The minimum atomic E-state index is -0.840. The largest absolute Gasteiger partial charge is 0.507 e. The molecule has 3 aromatic rings. The molecular weight excluding hydrogens is 460 g/mol. The zero-order chi connectivity index (χ0) is 22.1. The molecule has 1 unspecified atom stereocenters. The maximum absolute atomic E-state index is 13.2. The normalized spacial score (nSPS) is 17.8. The van der Waals surface area contributed by atoms with Crippen molar-refractivity contribution in [1.82, 2.24) is 4.98 Å². The van der Waals surface area contributed by atoms with E-state index in [0.29, 0.717) is 22.6 Å². The summed E-state index contributed by atoms with van der Waals surface area (Å²) in [5.74, 6) is -1.37. The monoisotopic (exact) mass is 478 g/mol. The molecule has 1 N–H and O–H groups in total. The van der Waals surface area contributed by atoms with Crippen molar-refractivity contribution in [3.05, 3.63) is 93.7 Å². The van der Waals surface area contributed by atoms with Gasteiger partial charge in [0.15, 0.2) is 0 Å². The van der Waals surface area contributed by atoms with Gasteiger partial charge in [0.25, 0.3) is 11.7 Å². The highest BCUT2D eigenvalue weighted by Crippen LogP contribution is 2.43. The standard InChI is InChI=1S/C24H19BrN2O4/c1-14-8-9-19(31-2)18(11-14)22(28)20-21(15-5-4-10-26-13-15)27(24(30)23(20)29)17-7-3-6-16(25)12-17/h3-13,21,28H,1-2H3/b22-20+. The number of aliphatic hydroxyl groups is 1. The topological polar surface area (TPSA) is 79.7 Å². The number of anilines is 1. The van der Waals surface area contributed by atoms with Gasteiger partial charge in [0, 0.05) is 22.6 Å². The Bertz CT molecular complexity index is 1210. The summed E-state index contributed by atoms with van der Waals surface area (Å²) in [6, 6.07) is 15.0. The van der Waals surface area contributed by atoms with Crippen LogP contribution in [0.3, 0.4) is 0 Å². The lowest BCUT2D eigenvalue weighted by molar-refractivity contribution is -0.132. The number of halogens is 1. The van der Waals surface area contributed by atoms with E-state index in [1.807, 2.05) is 19.1 Å². The highest BCUT2D eigenvalue weighted by atomic mass is 79.9. The maximum Gasteiger partial charge on any atom is 0.300 e. The van der Waals surface area contributed by atoms with E-state index >= 15 is 0 Å². The Labute approximate surface area is 187 Å². The minimum absolute atomic E-state index is 0.0122. The molecule has 1 fully saturated rings. The van der Waals surface area contributed by atoms with Crippen LogP contribution in [0.4, 0.5) is 5.69 Å². The first-order valence-electron chi connectivity index (χ1n) is 9.54. The molecule has 6 nitrogen and oxygen atoms in total. The van der Waals surface area contributed by atoms with Gasteiger partial charge in [-0.3, -0.25) is 19.5 Å². The molecule has 7 heteroatoms. The molecule has 1 aliphatic heterocycles. The minimum Gasteiger partial charge on any atom is -0.507 e. The van der Waals surface area contributed by atoms with Gasteiger partial charge in [-0.2, -0.15) is 0 Å². The van der Waals surface area contributed by atoms with Crippen LogP contribution in [-0.4, -0.2) is 28.9 Å². The second-order valence-electron chi connectivity index (χ2n) is 7.14. The maximum atomic E-state index is 13.2. The molecule has 1 aliphatic rings. The number of ketones is 1. The first kappa shape index (κ1) is 20.8. The average Bonchev–Trinajstić information content (AvgIpc) is 3.04. The molecule has 4 rings (SSSR count). The molecular formula is C24H19BrN2O4. The molecule has 0 aliphatic carbocycles. The molecule has 1 aromatic heterocycles. The molecule has 156 valence electrons. The molecule has 2 aromatic carbocycles. The molecule has 1 saturated heterocycles. The van der Waals surface area contributed by atoms with Crippen molar-refractivity contribution < 1.29 is 19.4 Å². The van der Waals surface area contributed by atoms with Crippen molar-refractivity contribution in [2.75, 3.05) is 12.0 Å². The molecule has 0 radical (unpaired) electrons. The summed E-state index contributed by atoms with van der Waals surface area (Å²) in [6.07, 6.45) is 3.20. The van der Waals surface area contributed by atoms with E-state index in [1.165, 1.54) is 12.0 Å². The lowest BCUT2D eigenvalue weighted by Crippen LogP contribution is -2.29. The van der Waals surface area contributed by atoms with Crippen LogP contribution in [0.25, 0.3) is 5.76 Å². The fourth-order valence-corrected chi connectivity index (χ4v) is 4.12. The van der Waals surface area contributed by atoms with E-state index in [2.05, 4.69) is 20.9 Å². The molecule has 0 saturated carbocycles. The van der Waals surface area contributed by atoms with Gasteiger partial charge in [0.2, 0.25) is 0 Å². The van der Waals surface area contributed by atoms with Crippen LogP contribution in [0, 0.1) is 6.92 Å². The predicted octanol–water partition coefficient (Wildman–Crippen LogP) is 4.79. The Hall–Kier alpha value is -3.45. The third-order valence-corrected chi connectivity index (χ3v) is 5.63. The number of aliphatic hydroxyl groups excluding tert-OH is 1. The molecule has 2 heterocycles. The Morgan fingerprint density at radius 1 is 1.13 bits per heavy atom. The van der Waals surface area contributed by atoms with Crippen LogP contribution < -0.4 is 9.64 Å². The second kappa shape index (κ2) is 8.35. The number of aryl methyl sites for hydroxylation is 1. The number of Topliss-reactive ketones (excluding diaryl/α,β-unsaturated/α-hetero) is 1. The third-order valence-electron chi connectivity index (χ3n) is 5.14. The van der Waals surface area contributed by atoms with E-state index in [1.54, 1.807) is 54.9 Å². The number of ether oxygens (including phenoxy) is 1. The van der Waals surface area contributed by atoms with E-state index < -0.39 is 17.7 Å². The van der Waals surface area contributed by atoms with Crippen LogP contribution in [0.15, 0.2) is 77.0 Å². The first-order valence-corrected chi connectivity index (χ1v) is 10.3. The number of pyridine rings is 1. The van der Waals surface area contributed by atoms with Gasteiger partial charge in [0.05, 0.1) is 24.3 Å². The number of rotatable bonds is 4. The number of carbonyl (C=O) groups is 2. The summed E-state index contributed by atoms with van der Waals surface area (Å²) in [7, 11) is 1.49. The van der Waals surface area contributed by atoms with Crippen molar-refractivity contribution in [3.63, 3.8) is 0 Å². The Balaban J connectivity index is 1.99. The number of carbonyl (C=O) groups excluding carboxylic acids is 2. The summed E-state index contributed by atoms with van der Waals surface area (Å²) < 4.78 is 6.15. The number of aromatic nitrogens is 1. The predicted molar refractivity (Wildman–Crippen MR) is 121 cm³/mol. The number of methoxy groups -OCH3 is 1. The van der Waals surface area contributed by atoms with Gasteiger partial charge in [-0.1, -0.05) is 39.7 Å². The molecule has 1 atom stereocenters. The van der Waals surface area contributed by atoms with E-state index in [4.69, 9.17) is 4.74 Å². The summed E-state index contributed by atoms with van der Waals surface area (Å²) in [4.78, 5) is 31.8. The highest BCUT2D eigenvalue weighted by molar-refractivity contribution is 9.10. The van der Waals surface area contributed by atoms with Gasteiger partial charge in [-0.25, -0.2) is 0 Å². The van der Waals surface area contributed by atoms with Crippen molar-refractivity contribution in [1.29, 1.82) is 0 Å². The molecule has 1 amide bonds. The lowest BCUT2D eigenvalue weighted by Gasteiger charge is -2.25. The molecule has 0 spiro atoms. The Kier molecular flexibility index (Phi) is 5.61. The number of hydrogen-bond acceptors (Lipinski definition) is 5. The van der Waals surface area contributed by atoms with Crippen LogP contribution in [-0.2, 0) is 9.59 Å². The molecule has 31 heavy (non-hydrogen) atoms. The first-order chi connectivity index (χ1) is 14.9. The number of nitrogens with zero attached hydrogens (tertiary/aromatic N) is 2. The van der Waals surface area contributed by atoms with Crippen molar-refractivity contribution >= 4 is 39.1 Å². The van der Waals surface area contributed by atoms with Gasteiger partial charge in [-0.15, -0.1) is 0 Å². The van der Waals surface area contributed by atoms with Gasteiger partial charge in [-0.05, 0) is 48.9 Å². The van der Waals surface area contributed by atoms with Crippen molar-refractivity contribution in [2.24, 2.45) is 0 Å². The summed E-state index contributed by atoms with van der Waals surface area (Å²) in [5.41, 5.74) is 2.35. The number of amides is 1. The van der Waals surface area contributed by atoms with Crippen molar-refractivity contribution in [2.45, 2.75) is 13.0 Å². The lowest BCUT2D eigenvalue weighted by atomic mass is 9.95. The van der Waals surface area contributed by atoms with Crippen LogP contribution in [0.1, 0.15) is 22.7 Å². The van der Waals surface area contributed by atoms with E-state index in [0.717, 1.165) is 10.0 Å². The summed E-state index contributed by atoms with van der Waals surface area (Å²) in [5, 5.41) is 11.3. The smallest absolute Gasteiger partial charge is 0.300 e. The van der Waals surface area contributed by atoms with E-state index in [9.17, 15) is 14.7 Å². The van der Waals surface area contributed by atoms with Gasteiger partial charge >= 0.3 is 0 Å². The van der Waals surface area contributed by atoms with Crippen molar-refractivity contribution in [3.8, 4) is 5.75 Å². The third kappa shape index (κ3) is 3.72. The summed E-state index contributed by atoms with van der Waals surface area (Å²) >= 11 is 3.41. The Morgan fingerprint density at radius 2 is 1.94 bits per heavy atom.